The molecule has 3 rings (SSSR count). The summed E-state index contributed by atoms with van der Waals surface area (Å²) in [5.74, 6) is -0.771. The fourth-order valence-corrected chi connectivity index (χ4v) is 5.85. The molecule has 0 aliphatic carbocycles. The maximum absolute atomic E-state index is 12.5. The lowest BCUT2D eigenvalue weighted by molar-refractivity contribution is -0.144. The van der Waals surface area contributed by atoms with Crippen molar-refractivity contribution in [1.29, 1.82) is 0 Å². The van der Waals surface area contributed by atoms with Crippen molar-refractivity contribution >= 4 is 21.5 Å². The van der Waals surface area contributed by atoms with Gasteiger partial charge in [0, 0.05) is 9.52 Å². The number of nitrogens with two attached hydrogens (primary N) is 1. The summed E-state index contributed by atoms with van der Waals surface area (Å²) in [5.41, 5.74) is 9.88. The van der Waals surface area contributed by atoms with Crippen LogP contribution in [0.1, 0.15) is 53.4 Å². The van der Waals surface area contributed by atoms with Gasteiger partial charge < -0.3 is 15.2 Å². The van der Waals surface area contributed by atoms with Crippen molar-refractivity contribution in [3.63, 3.8) is 0 Å². The van der Waals surface area contributed by atoms with Crippen LogP contribution in [0.15, 0.2) is 84.9 Å². The summed E-state index contributed by atoms with van der Waals surface area (Å²) in [4.78, 5) is 24.6. The monoisotopic (exact) mass is 489 g/mol. The molecule has 1 atom stereocenters. The van der Waals surface area contributed by atoms with E-state index in [1.54, 1.807) is 24.3 Å². The molecule has 0 fully saturated rings. The molecule has 3 aromatic carbocycles. The van der Waals surface area contributed by atoms with Crippen LogP contribution in [0, 0.1) is 0 Å². The second-order valence-corrected chi connectivity index (χ2v) is 11.8. The molecule has 184 valence electrons. The Bertz CT molecular complexity index is 1040. The van der Waals surface area contributed by atoms with Crippen LogP contribution in [0.3, 0.4) is 0 Å². The SMILES string of the molecule is CC(C)(C)OC(=O)c1ccc(C[C@H](N)C(=O)OCC[SiH2]C(c2ccccc2)c2ccccc2)cc1. The third kappa shape index (κ3) is 8.49. The normalized spacial score (nSPS) is 12.6. The van der Waals surface area contributed by atoms with E-state index in [9.17, 15) is 9.59 Å². The average Bonchev–Trinajstić information content (AvgIpc) is 2.84. The van der Waals surface area contributed by atoms with Crippen molar-refractivity contribution in [1.82, 2.24) is 0 Å². The van der Waals surface area contributed by atoms with E-state index in [2.05, 4.69) is 48.5 Å². The van der Waals surface area contributed by atoms with Crippen LogP contribution in [0.2, 0.25) is 6.04 Å². The summed E-state index contributed by atoms with van der Waals surface area (Å²) in [6.07, 6.45) is 0.349. The first-order valence-electron chi connectivity index (χ1n) is 12.1. The number of ether oxygens (including phenoxy) is 2. The zero-order valence-corrected chi connectivity index (χ0v) is 22.2. The molecule has 0 aliphatic rings. The lowest BCUT2D eigenvalue weighted by Crippen LogP contribution is -2.34. The minimum absolute atomic E-state index is 0.349. The number of hydrogen-bond acceptors (Lipinski definition) is 5. The highest BCUT2D eigenvalue weighted by atomic mass is 28.2. The molecule has 0 heterocycles. The van der Waals surface area contributed by atoms with Crippen molar-refractivity contribution in [3.8, 4) is 0 Å². The van der Waals surface area contributed by atoms with Crippen LogP contribution in [0.25, 0.3) is 0 Å². The van der Waals surface area contributed by atoms with Gasteiger partial charge in [0.25, 0.3) is 0 Å². The first kappa shape index (κ1) is 26.4. The fourth-order valence-electron chi connectivity index (χ4n) is 3.91. The lowest BCUT2D eigenvalue weighted by atomic mass is 10.0. The van der Waals surface area contributed by atoms with Crippen LogP contribution < -0.4 is 5.73 Å². The first-order valence-corrected chi connectivity index (χ1v) is 13.9. The molecule has 0 bridgehead atoms. The quantitative estimate of drug-likeness (QED) is 0.259. The van der Waals surface area contributed by atoms with Crippen LogP contribution in [-0.4, -0.2) is 39.7 Å². The zero-order valence-electron chi connectivity index (χ0n) is 20.8. The van der Waals surface area contributed by atoms with Gasteiger partial charge in [-0.15, -0.1) is 0 Å². The van der Waals surface area contributed by atoms with Gasteiger partial charge in [0.05, 0.1) is 12.2 Å². The lowest BCUT2D eigenvalue weighted by Gasteiger charge is -2.19. The van der Waals surface area contributed by atoms with E-state index in [1.165, 1.54) is 11.1 Å². The summed E-state index contributed by atoms with van der Waals surface area (Å²) >= 11 is 0. The third-order valence-corrected chi connectivity index (χ3v) is 7.85. The summed E-state index contributed by atoms with van der Waals surface area (Å²) in [6, 6.07) is 28.1. The molecule has 2 N–H and O–H groups in total. The Morgan fingerprint density at radius 3 is 1.91 bits per heavy atom. The minimum Gasteiger partial charge on any atom is -0.465 e. The van der Waals surface area contributed by atoms with Gasteiger partial charge in [-0.25, -0.2) is 4.79 Å². The van der Waals surface area contributed by atoms with E-state index >= 15 is 0 Å². The van der Waals surface area contributed by atoms with Gasteiger partial charge in [-0.1, -0.05) is 72.8 Å². The van der Waals surface area contributed by atoms with Crippen LogP contribution in [0.5, 0.6) is 0 Å². The molecule has 0 spiro atoms. The Labute approximate surface area is 210 Å². The molecular weight excluding hydrogens is 454 g/mol. The van der Waals surface area contributed by atoms with Crippen LogP contribution in [0.4, 0.5) is 0 Å². The largest absolute Gasteiger partial charge is 0.465 e. The molecule has 3 aromatic rings. The third-order valence-electron chi connectivity index (χ3n) is 5.63. The van der Waals surface area contributed by atoms with Crippen molar-refractivity contribution < 1.29 is 19.1 Å². The molecule has 6 heteroatoms. The molecule has 5 nitrogen and oxygen atoms in total. The summed E-state index contributed by atoms with van der Waals surface area (Å²) in [7, 11) is -0.583. The fraction of sp³-hybridized carbons (Fsp3) is 0.310. The van der Waals surface area contributed by atoms with Crippen molar-refractivity contribution in [3.05, 3.63) is 107 Å². The smallest absolute Gasteiger partial charge is 0.338 e. The predicted molar refractivity (Wildman–Crippen MR) is 142 cm³/mol. The van der Waals surface area contributed by atoms with Gasteiger partial charge in [0.1, 0.15) is 11.6 Å². The molecule has 35 heavy (non-hydrogen) atoms. The highest BCUT2D eigenvalue weighted by Crippen LogP contribution is 2.24. The van der Waals surface area contributed by atoms with Gasteiger partial charge in [-0.2, -0.15) is 0 Å². The molecule has 0 saturated carbocycles. The summed E-state index contributed by atoms with van der Waals surface area (Å²) in [6.45, 7) is 5.87. The standard InChI is InChI=1S/C29H35NO4Si/c1-29(2,3)34-27(31)24-16-14-21(15-17-24)20-25(30)28(32)33-18-19-35-26(22-10-6-4-7-11-22)23-12-8-5-9-13-23/h4-17,25-26H,18-20,30,35H2,1-3H3/t25-/m0/s1. The molecule has 0 radical (unpaired) electrons. The van der Waals surface area contributed by atoms with E-state index in [0.717, 1.165) is 11.6 Å². The second kappa shape index (κ2) is 12.5. The molecule has 0 aliphatic heterocycles. The topological polar surface area (TPSA) is 78.6 Å². The van der Waals surface area contributed by atoms with E-state index < -0.39 is 27.1 Å². The number of esters is 2. The van der Waals surface area contributed by atoms with Crippen LogP contribution in [-0.2, 0) is 20.7 Å². The van der Waals surface area contributed by atoms with Gasteiger partial charge in [-0.05, 0) is 67.6 Å². The highest BCUT2D eigenvalue weighted by Gasteiger charge is 2.20. The Morgan fingerprint density at radius 1 is 0.857 bits per heavy atom. The van der Waals surface area contributed by atoms with E-state index in [4.69, 9.17) is 15.2 Å². The zero-order chi connectivity index (χ0) is 25.3. The number of carbonyl (C=O) groups excluding carboxylic acids is 2. The number of carbonyl (C=O) groups is 2. The molecule has 0 amide bonds. The number of benzene rings is 3. The van der Waals surface area contributed by atoms with Gasteiger partial charge in [0.15, 0.2) is 0 Å². The maximum Gasteiger partial charge on any atom is 0.338 e. The summed E-state index contributed by atoms with van der Waals surface area (Å²) < 4.78 is 10.9. The van der Waals surface area contributed by atoms with Crippen LogP contribution >= 0.6 is 0 Å². The van der Waals surface area contributed by atoms with E-state index in [0.29, 0.717) is 24.1 Å². The maximum atomic E-state index is 12.5. The van der Waals surface area contributed by atoms with E-state index in [1.807, 2.05) is 32.9 Å². The summed E-state index contributed by atoms with van der Waals surface area (Å²) in [5, 5.41) is 0. The highest BCUT2D eigenvalue weighted by molar-refractivity contribution is 6.39. The molecular formula is C29H35NO4Si. The van der Waals surface area contributed by atoms with Gasteiger partial charge in [0.2, 0.25) is 0 Å². The Morgan fingerprint density at radius 2 is 1.40 bits per heavy atom. The first-order chi connectivity index (χ1) is 16.7. The predicted octanol–water partition coefficient (Wildman–Crippen LogP) is 4.43. The Hall–Kier alpha value is -3.22. The molecule has 0 unspecified atom stereocenters. The van der Waals surface area contributed by atoms with Gasteiger partial charge >= 0.3 is 11.9 Å². The molecule has 0 aromatic heterocycles. The average molecular weight is 490 g/mol. The Kier molecular flexibility index (Phi) is 9.40. The van der Waals surface area contributed by atoms with Crippen molar-refractivity contribution in [2.75, 3.05) is 6.61 Å². The van der Waals surface area contributed by atoms with E-state index in [-0.39, 0.29) is 5.97 Å². The number of rotatable bonds is 10. The second-order valence-electron chi connectivity index (χ2n) is 9.69. The Balaban J connectivity index is 1.48. The molecule has 0 saturated heterocycles. The van der Waals surface area contributed by atoms with Crippen molar-refractivity contribution in [2.24, 2.45) is 5.73 Å². The minimum atomic E-state index is -0.747. The van der Waals surface area contributed by atoms with Gasteiger partial charge in [-0.3, -0.25) is 4.79 Å². The van der Waals surface area contributed by atoms with Crippen molar-refractivity contribution in [2.45, 2.75) is 50.4 Å². The number of hydrogen-bond donors (Lipinski definition) is 1.